The van der Waals surface area contributed by atoms with E-state index in [1.165, 1.54) is 25.5 Å². The molecule has 0 bridgehead atoms. The highest BCUT2D eigenvalue weighted by molar-refractivity contribution is 9.10. The Morgan fingerprint density at radius 2 is 2.11 bits per heavy atom. The number of carbonyl (C=O) groups excluding carboxylic acids is 1. The van der Waals surface area contributed by atoms with E-state index in [-0.39, 0.29) is 23.4 Å². The van der Waals surface area contributed by atoms with Crippen LogP contribution in [0.5, 0.6) is 0 Å². The first kappa shape index (κ1) is 16.1. The quantitative estimate of drug-likeness (QED) is 0.859. The van der Waals surface area contributed by atoms with E-state index in [9.17, 15) is 13.2 Å². The van der Waals surface area contributed by atoms with Crippen molar-refractivity contribution in [2.45, 2.75) is 24.8 Å². The lowest BCUT2D eigenvalue weighted by molar-refractivity contribution is -0.121. The van der Waals surface area contributed by atoms with Gasteiger partial charge in [-0.15, -0.1) is 0 Å². The summed E-state index contributed by atoms with van der Waals surface area (Å²) in [5.41, 5.74) is 0. The van der Waals surface area contributed by atoms with E-state index in [1.807, 2.05) is 13.8 Å². The summed E-state index contributed by atoms with van der Waals surface area (Å²) < 4.78 is 25.9. The molecule has 1 aromatic heterocycles. The molecule has 1 amide bonds. The molecule has 0 unspecified atom stereocenters. The number of aromatic nitrogens is 1. The van der Waals surface area contributed by atoms with E-state index in [2.05, 4.69) is 26.2 Å². The molecule has 19 heavy (non-hydrogen) atoms. The van der Waals surface area contributed by atoms with Crippen LogP contribution in [0.4, 0.5) is 0 Å². The SMILES string of the molecule is CC(C)NC(=O)CN(C)S(=O)(=O)c1cncc(Br)c1. The lowest BCUT2D eigenvalue weighted by atomic mass is 10.4. The van der Waals surface area contributed by atoms with Gasteiger partial charge in [-0.3, -0.25) is 9.78 Å². The third-order valence-electron chi connectivity index (χ3n) is 2.20. The smallest absolute Gasteiger partial charge is 0.244 e. The number of nitrogens with zero attached hydrogens (tertiary/aromatic N) is 2. The Labute approximate surface area is 121 Å². The second-order valence-electron chi connectivity index (χ2n) is 4.32. The minimum absolute atomic E-state index is 0.0314. The molecule has 0 radical (unpaired) electrons. The van der Waals surface area contributed by atoms with E-state index < -0.39 is 10.0 Å². The normalized spacial score (nSPS) is 11.9. The molecule has 0 aliphatic heterocycles. The number of carbonyl (C=O) groups is 1. The van der Waals surface area contributed by atoms with E-state index in [1.54, 1.807) is 0 Å². The zero-order valence-electron chi connectivity index (χ0n) is 10.9. The summed E-state index contributed by atoms with van der Waals surface area (Å²) >= 11 is 3.16. The molecule has 0 spiro atoms. The van der Waals surface area contributed by atoms with Gasteiger partial charge < -0.3 is 5.32 Å². The molecule has 8 heteroatoms. The molecular formula is C11H16BrN3O3S. The first-order valence-corrected chi connectivity index (χ1v) is 7.83. The van der Waals surface area contributed by atoms with Crippen LogP contribution in [0.15, 0.2) is 27.8 Å². The number of sulfonamides is 1. The van der Waals surface area contributed by atoms with Crippen molar-refractivity contribution in [1.29, 1.82) is 0 Å². The molecule has 6 nitrogen and oxygen atoms in total. The van der Waals surface area contributed by atoms with Gasteiger partial charge in [0, 0.05) is 30.0 Å². The number of nitrogens with one attached hydrogen (secondary N) is 1. The average Bonchev–Trinajstić information content (AvgIpc) is 2.27. The highest BCUT2D eigenvalue weighted by atomic mass is 79.9. The summed E-state index contributed by atoms with van der Waals surface area (Å²) in [7, 11) is -2.36. The van der Waals surface area contributed by atoms with Crippen LogP contribution in [0.25, 0.3) is 0 Å². The first-order valence-electron chi connectivity index (χ1n) is 5.59. The van der Waals surface area contributed by atoms with Crippen molar-refractivity contribution < 1.29 is 13.2 Å². The number of likely N-dealkylation sites (N-methyl/N-ethyl adjacent to an activating group) is 1. The maximum atomic E-state index is 12.2. The van der Waals surface area contributed by atoms with Crippen molar-refractivity contribution >= 4 is 31.9 Å². The van der Waals surface area contributed by atoms with Crippen molar-refractivity contribution in [2.24, 2.45) is 0 Å². The third-order valence-corrected chi connectivity index (χ3v) is 4.41. The molecule has 0 fully saturated rings. The Morgan fingerprint density at radius 1 is 1.47 bits per heavy atom. The van der Waals surface area contributed by atoms with Gasteiger partial charge in [-0.1, -0.05) is 0 Å². The molecule has 1 N–H and O–H groups in total. The number of pyridine rings is 1. The van der Waals surface area contributed by atoms with Gasteiger partial charge in [0.25, 0.3) is 0 Å². The Morgan fingerprint density at radius 3 is 2.63 bits per heavy atom. The van der Waals surface area contributed by atoms with Gasteiger partial charge >= 0.3 is 0 Å². The minimum Gasteiger partial charge on any atom is -0.353 e. The number of hydrogen-bond donors (Lipinski definition) is 1. The average molecular weight is 350 g/mol. The maximum Gasteiger partial charge on any atom is 0.244 e. The second kappa shape index (κ2) is 6.44. The molecule has 1 heterocycles. The Bertz CT molecular complexity index is 560. The standard InChI is InChI=1S/C11H16BrN3O3S/c1-8(2)14-11(16)7-15(3)19(17,18)10-4-9(12)5-13-6-10/h4-6,8H,7H2,1-3H3,(H,14,16). The number of amides is 1. The van der Waals surface area contributed by atoms with Crippen LogP contribution in [0.1, 0.15) is 13.8 Å². The fourth-order valence-electron chi connectivity index (χ4n) is 1.37. The topological polar surface area (TPSA) is 79.4 Å². The van der Waals surface area contributed by atoms with Crippen LogP contribution in [0.3, 0.4) is 0 Å². The fourth-order valence-corrected chi connectivity index (χ4v) is 3.00. The predicted octanol–water partition coefficient (Wildman–Crippen LogP) is 0.989. The van der Waals surface area contributed by atoms with Gasteiger partial charge in [-0.05, 0) is 35.8 Å². The lowest BCUT2D eigenvalue weighted by Gasteiger charge is -2.17. The van der Waals surface area contributed by atoms with Crippen LogP contribution in [0, 0.1) is 0 Å². The largest absolute Gasteiger partial charge is 0.353 e. The van der Waals surface area contributed by atoms with E-state index in [0.717, 1.165) is 4.31 Å². The van der Waals surface area contributed by atoms with Gasteiger partial charge in [0.2, 0.25) is 15.9 Å². The maximum absolute atomic E-state index is 12.2. The third kappa shape index (κ3) is 4.55. The van der Waals surface area contributed by atoms with Crippen molar-refractivity contribution in [3.05, 3.63) is 22.9 Å². The summed E-state index contributed by atoms with van der Waals surface area (Å²) in [6.07, 6.45) is 2.74. The fraction of sp³-hybridized carbons (Fsp3) is 0.455. The van der Waals surface area contributed by atoms with E-state index in [0.29, 0.717) is 4.47 Å². The van der Waals surface area contributed by atoms with Crippen LogP contribution in [-0.4, -0.2) is 43.2 Å². The van der Waals surface area contributed by atoms with Crippen molar-refractivity contribution in [3.8, 4) is 0 Å². The first-order chi connectivity index (χ1) is 8.73. The summed E-state index contributed by atoms with van der Waals surface area (Å²) in [5, 5.41) is 2.64. The van der Waals surface area contributed by atoms with Crippen LogP contribution < -0.4 is 5.32 Å². The highest BCUT2D eigenvalue weighted by Crippen LogP contribution is 2.17. The Balaban J connectivity index is 2.86. The highest BCUT2D eigenvalue weighted by Gasteiger charge is 2.23. The molecule has 1 aromatic rings. The summed E-state index contributed by atoms with van der Waals surface area (Å²) in [5.74, 6) is -0.343. The van der Waals surface area contributed by atoms with E-state index >= 15 is 0 Å². The molecule has 0 saturated carbocycles. The zero-order valence-corrected chi connectivity index (χ0v) is 13.3. The number of hydrogen-bond acceptors (Lipinski definition) is 4. The lowest BCUT2D eigenvalue weighted by Crippen LogP contribution is -2.40. The summed E-state index contributed by atoms with van der Waals surface area (Å²) in [4.78, 5) is 15.4. The summed E-state index contributed by atoms with van der Waals surface area (Å²) in [6, 6.07) is 1.41. The second-order valence-corrected chi connectivity index (χ2v) is 7.28. The molecule has 106 valence electrons. The predicted molar refractivity (Wildman–Crippen MR) is 75.0 cm³/mol. The van der Waals surface area contributed by atoms with Crippen molar-refractivity contribution in [1.82, 2.24) is 14.6 Å². The zero-order chi connectivity index (χ0) is 14.6. The van der Waals surface area contributed by atoms with Crippen LogP contribution in [-0.2, 0) is 14.8 Å². The van der Waals surface area contributed by atoms with Gasteiger partial charge in [0.05, 0.1) is 6.54 Å². The molecule has 0 saturated heterocycles. The minimum atomic E-state index is -3.71. The van der Waals surface area contributed by atoms with Crippen molar-refractivity contribution in [3.63, 3.8) is 0 Å². The number of halogens is 1. The van der Waals surface area contributed by atoms with Gasteiger partial charge in [0.15, 0.2) is 0 Å². The molecular weight excluding hydrogens is 334 g/mol. The molecule has 0 atom stereocenters. The molecule has 0 aromatic carbocycles. The number of rotatable bonds is 5. The van der Waals surface area contributed by atoms with Crippen LogP contribution >= 0.6 is 15.9 Å². The molecule has 0 aliphatic rings. The molecule has 0 aliphatic carbocycles. The van der Waals surface area contributed by atoms with Crippen molar-refractivity contribution in [2.75, 3.05) is 13.6 Å². The monoisotopic (exact) mass is 349 g/mol. The summed E-state index contributed by atoms with van der Waals surface area (Å²) in [6.45, 7) is 3.39. The Hall–Kier alpha value is -0.990. The van der Waals surface area contributed by atoms with Crippen LogP contribution in [0.2, 0.25) is 0 Å². The van der Waals surface area contributed by atoms with Gasteiger partial charge in [-0.25, -0.2) is 8.42 Å². The molecule has 1 rings (SSSR count). The van der Waals surface area contributed by atoms with E-state index in [4.69, 9.17) is 0 Å². The Kier molecular flexibility index (Phi) is 5.45. The van der Waals surface area contributed by atoms with Gasteiger partial charge in [0.1, 0.15) is 4.90 Å². The van der Waals surface area contributed by atoms with Gasteiger partial charge in [-0.2, -0.15) is 4.31 Å².